The summed E-state index contributed by atoms with van der Waals surface area (Å²) in [5.41, 5.74) is 3.22. The molecule has 4 aromatic rings. The molecule has 0 spiro atoms. The molecule has 1 unspecified atom stereocenters. The molecule has 0 aliphatic carbocycles. The zero-order valence-electron chi connectivity index (χ0n) is 17.7. The first-order chi connectivity index (χ1) is 16.5. The van der Waals surface area contributed by atoms with Gasteiger partial charge in [-0.1, -0.05) is 47.6 Å². The van der Waals surface area contributed by atoms with Crippen LogP contribution in [-0.4, -0.2) is 26.8 Å². The highest BCUT2D eigenvalue weighted by atomic mass is 35.5. The van der Waals surface area contributed by atoms with E-state index in [1.807, 2.05) is 24.3 Å². The van der Waals surface area contributed by atoms with Crippen molar-refractivity contribution >= 4 is 40.2 Å². The van der Waals surface area contributed by atoms with Gasteiger partial charge < -0.3 is 14.6 Å². The molecule has 1 atom stereocenters. The number of fused-ring (bicyclic) bond motifs is 3. The second kappa shape index (κ2) is 9.48. The van der Waals surface area contributed by atoms with Crippen LogP contribution in [0.15, 0.2) is 60.8 Å². The molecular formula is C25H18ClFN2O4S. The number of thioether (sulfide) groups is 1. The SMILES string of the molecule is O=C(O)CSC1Oc2c(cccc2OCc2ccc3cc(F)c(Cl)cc3n2)Cc2cccnc21. The smallest absolute Gasteiger partial charge is 0.313 e. The number of nitrogens with zero attached hydrogens (tertiary/aromatic N) is 2. The van der Waals surface area contributed by atoms with Crippen LogP contribution in [0.25, 0.3) is 10.9 Å². The van der Waals surface area contributed by atoms with Crippen LogP contribution in [0.1, 0.15) is 28.0 Å². The minimum absolute atomic E-state index is 0.0120. The number of hydrogen-bond acceptors (Lipinski definition) is 6. The third-order valence-corrected chi connectivity index (χ3v) is 6.66. The van der Waals surface area contributed by atoms with E-state index in [1.54, 1.807) is 24.4 Å². The van der Waals surface area contributed by atoms with Gasteiger partial charge >= 0.3 is 5.97 Å². The van der Waals surface area contributed by atoms with Crippen molar-refractivity contribution in [2.45, 2.75) is 18.5 Å². The average Bonchev–Trinajstić information content (AvgIpc) is 2.99. The van der Waals surface area contributed by atoms with Crippen LogP contribution in [0, 0.1) is 5.82 Å². The van der Waals surface area contributed by atoms with Crippen molar-refractivity contribution in [2.24, 2.45) is 0 Å². The van der Waals surface area contributed by atoms with E-state index in [2.05, 4.69) is 9.97 Å². The van der Waals surface area contributed by atoms with E-state index >= 15 is 0 Å². The highest BCUT2D eigenvalue weighted by molar-refractivity contribution is 8.00. The summed E-state index contributed by atoms with van der Waals surface area (Å²) >= 11 is 7.06. The number of aromatic nitrogens is 2. The van der Waals surface area contributed by atoms with Crippen molar-refractivity contribution in [3.05, 3.63) is 94.1 Å². The number of halogens is 2. The molecule has 0 saturated heterocycles. The third kappa shape index (κ3) is 4.64. The Morgan fingerprint density at radius 3 is 2.91 bits per heavy atom. The van der Waals surface area contributed by atoms with Crippen molar-refractivity contribution in [2.75, 3.05) is 5.75 Å². The summed E-state index contributed by atoms with van der Waals surface area (Å²) in [6.45, 7) is 0.156. The molecule has 0 radical (unpaired) electrons. The second-order valence-electron chi connectivity index (χ2n) is 7.67. The quantitative estimate of drug-likeness (QED) is 0.361. The van der Waals surface area contributed by atoms with Crippen molar-refractivity contribution < 1.29 is 23.8 Å². The zero-order valence-corrected chi connectivity index (χ0v) is 19.3. The number of benzene rings is 2. The van der Waals surface area contributed by atoms with Gasteiger partial charge in [-0.25, -0.2) is 9.37 Å². The number of ether oxygens (including phenoxy) is 2. The highest BCUT2D eigenvalue weighted by Gasteiger charge is 2.27. The molecule has 172 valence electrons. The molecule has 2 aromatic carbocycles. The zero-order chi connectivity index (χ0) is 23.7. The molecule has 1 N–H and O–H groups in total. The van der Waals surface area contributed by atoms with E-state index in [9.17, 15) is 14.3 Å². The Morgan fingerprint density at radius 2 is 2.06 bits per heavy atom. The number of hydrogen-bond donors (Lipinski definition) is 1. The molecular weight excluding hydrogens is 479 g/mol. The van der Waals surface area contributed by atoms with Crippen LogP contribution >= 0.6 is 23.4 Å². The van der Waals surface area contributed by atoms with E-state index in [0.717, 1.165) is 22.9 Å². The predicted molar refractivity (Wildman–Crippen MR) is 128 cm³/mol. The Labute approximate surface area is 203 Å². The highest BCUT2D eigenvalue weighted by Crippen LogP contribution is 2.43. The summed E-state index contributed by atoms with van der Waals surface area (Å²) in [7, 11) is 0. The number of carboxylic acids is 1. The number of carbonyl (C=O) groups is 1. The summed E-state index contributed by atoms with van der Waals surface area (Å²) in [6.07, 6.45) is 2.26. The number of rotatable bonds is 6. The fourth-order valence-electron chi connectivity index (χ4n) is 3.78. The van der Waals surface area contributed by atoms with Crippen LogP contribution < -0.4 is 9.47 Å². The fraction of sp³-hybridized carbons (Fsp3) is 0.160. The molecule has 0 saturated carbocycles. The largest absolute Gasteiger partial charge is 0.483 e. The number of pyridine rings is 2. The minimum atomic E-state index is -0.928. The summed E-state index contributed by atoms with van der Waals surface area (Å²) < 4.78 is 26.1. The molecule has 1 aliphatic rings. The van der Waals surface area contributed by atoms with Gasteiger partial charge in [-0.05, 0) is 35.9 Å². The van der Waals surface area contributed by atoms with Crippen LogP contribution in [0.4, 0.5) is 4.39 Å². The Bertz CT molecular complexity index is 1400. The van der Waals surface area contributed by atoms with Gasteiger partial charge in [0.25, 0.3) is 0 Å². The first-order valence-corrected chi connectivity index (χ1v) is 11.8. The van der Waals surface area contributed by atoms with Gasteiger partial charge in [0.1, 0.15) is 12.4 Å². The Morgan fingerprint density at radius 1 is 1.21 bits per heavy atom. The summed E-state index contributed by atoms with van der Waals surface area (Å²) in [5, 5.41) is 9.83. The lowest BCUT2D eigenvalue weighted by atomic mass is 10.0. The van der Waals surface area contributed by atoms with Crippen LogP contribution in [0.3, 0.4) is 0 Å². The lowest BCUT2D eigenvalue weighted by Crippen LogP contribution is -2.11. The number of para-hydroxylation sites is 1. The summed E-state index contributed by atoms with van der Waals surface area (Å²) in [4.78, 5) is 20.2. The normalized spacial score (nSPS) is 14.6. The van der Waals surface area contributed by atoms with Gasteiger partial charge in [-0.15, -0.1) is 0 Å². The van der Waals surface area contributed by atoms with Crippen molar-refractivity contribution in [3.8, 4) is 11.5 Å². The van der Waals surface area contributed by atoms with Crippen LogP contribution in [0.2, 0.25) is 5.02 Å². The van der Waals surface area contributed by atoms with E-state index in [4.69, 9.17) is 21.1 Å². The molecule has 9 heteroatoms. The van der Waals surface area contributed by atoms with E-state index in [-0.39, 0.29) is 17.4 Å². The predicted octanol–water partition coefficient (Wildman–Crippen LogP) is 5.80. The van der Waals surface area contributed by atoms with Crippen LogP contribution in [0.5, 0.6) is 11.5 Å². The summed E-state index contributed by atoms with van der Waals surface area (Å²) in [5.74, 6) is -0.472. The van der Waals surface area contributed by atoms with E-state index < -0.39 is 17.2 Å². The lowest BCUT2D eigenvalue weighted by molar-refractivity contribution is -0.133. The first kappa shape index (κ1) is 22.4. The average molecular weight is 497 g/mol. The van der Waals surface area contributed by atoms with E-state index in [1.165, 1.54) is 12.1 Å². The van der Waals surface area contributed by atoms with Gasteiger partial charge in [0.05, 0.1) is 27.7 Å². The van der Waals surface area contributed by atoms with Gasteiger partial charge in [-0.3, -0.25) is 9.78 Å². The van der Waals surface area contributed by atoms with Gasteiger partial charge in [-0.2, -0.15) is 0 Å². The van der Waals surface area contributed by atoms with Gasteiger partial charge in [0, 0.05) is 23.6 Å². The maximum atomic E-state index is 13.7. The molecule has 0 bridgehead atoms. The number of carboxylic acid groups (broad SMARTS) is 1. The van der Waals surface area contributed by atoms with Gasteiger partial charge in [0.2, 0.25) is 0 Å². The van der Waals surface area contributed by atoms with E-state index in [0.29, 0.717) is 40.2 Å². The standard InChI is InChI=1S/C25H18ClFN2O4S/c26-18-11-20-14(10-19(18)27)6-7-17(29-20)12-32-21-5-1-3-16-9-15-4-2-8-28-23(15)25(33-24(16)21)34-13-22(30)31/h1-8,10-11,25H,9,12-13H2,(H,30,31). The fourth-order valence-corrected chi connectivity index (χ4v) is 4.77. The molecule has 34 heavy (non-hydrogen) atoms. The molecule has 0 amide bonds. The molecule has 5 rings (SSSR count). The topological polar surface area (TPSA) is 81.5 Å². The molecule has 1 aliphatic heterocycles. The monoisotopic (exact) mass is 496 g/mol. The van der Waals surface area contributed by atoms with Crippen LogP contribution in [-0.2, 0) is 17.8 Å². The Hall–Kier alpha value is -3.36. The van der Waals surface area contributed by atoms with Crippen molar-refractivity contribution in [1.82, 2.24) is 9.97 Å². The maximum Gasteiger partial charge on any atom is 0.313 e. The van der Waals surface area contributed by atoms with Crippen molar-refractivity contribution in [3.63, 3.8) is 0 Å². The second-order valence-corrected chi connectivity index (χ2v) is 9.13. The van der Waals surface area contributed by atoms with Gasteiger partial charge in [0.15, 0.2) is 16.9 Å². The third-order valence-electron chi connectivity index (χ3n) is 5.34. The molecule has 2 aromatic heterocycles. The number of aliphatic carboxylic acids is 1. The van der Waals surface area contributed by atoms with Crippen molar-refractivity contribution in [1.29, 1.82) is 0 Å². The minimum Gasteiger partial charge on any atom is -0.483 e. The molecule has 0 fully saturated rings. The lowest BCUT2D eigenvalue weighted by Gasteiger charge is -2.19. The molecule has 6 nitrogen and oxygen atoms in total. The Balaban J connectivity index is 1.43. The Kier molecular flexibility index (Phi) is 6.26. The summed E-state index contributed by atoms with van der Waals surface area (Å²) in [6, 6.07) is 15.8. The molecule has 3 heterocycles. The maximum absolute atomic E-state index is 13.7. The first-order valence-electron chi connectivity index (χ1n) is 10.4.